The number of pyridine rings is 2. The van der Waals surface area contributed by atoms with Gasteiger partial charge in [0, 0.05) is 29.1 Å². The van der Waals surface area contributed by atoms with Gasteiger partial charge in [-0.25, -0.2) is 9.78 Å². The Bertz CT molecular complexity index is 1580. The van der Waals surface area contributed by atoms with Crippen LogP contribution in [0.4, 0.5) is 0 Å². The number of carbonyl (C=O) groups excluding carboxylic acids is 2. The lowest BCUT2D eigenvalue weighted by atomic mass is 9.86. The third-order valence-corrected chi connectivity index (χ3v) is 7.55. The molecular weight excluding hydrogens is 504 g/mol. The van der Waals surface area contributed by atoms with Crippen LogP contribution in [0.3, 0.4) is 0 Å². The van der Waals surface area contributed by atoms with Gasteiger partial charge >= 0.3 is 5.97 Å². The van der Waals surface area contributed by atoms with Crippen LogP contribution in [-0.2, 0) is 39.6 Å². The number of aliphatic hydroxyl groups is 1. The lowest BCUT2D eigenvalue weighted by molar-refractivity contribution is -0.172. The normalized spacial score (nSPS) is 19.2. The van der Waals surface area contributed by atoms with Gasteiger partial charge in [0.25, 0.3) is 5.56 Å². The molecule has 0 spiro atoms. The Kier molecular flexibility index (Phi) is 5.41. The van der Waals surface area contributed by atoms with Crippen LogP contribution < -0.4 is 26.1 Å². The zero-order chi connectivity index (χ0) is 26.1. The second kappa shape index (κ2) is 8.44. The van der Waals surface area contributed by atoms with Crippen LogP contribution >= 0.6 is 11.6 Å². The van der Waals surface area contributed by atoms with E-state index in [1.54, 1.807) is 19.1 Å². The van der Waals surface area contributed by atoms with Crippen molar-refractivity contribution in [2.45, 2.75) is 38.6 Å². The molecule has 3 aliphatic rings. The maximum absolute atomic E-state index is 13.6. The van der Waals surface area contributed by atoms with Gasteiger partial charge in [-0.1, -0.05) is 18.5 Å². The Balaban J connectivity index is 1.63. The number of nitrogens with one attached hydrogen (secondary N) is 1. The topological polar surface area (TPSA) is 155 Å². The Morgan fingerprint density at radius 2 is 2.03 bits per heavy atom. The molecule has 0 bridgehead atoms. The summed E-state index contributed by atoms with van der Waals surface area (Å²) in [6, 6.07) is 3.34. The molecule has 12 heteroatoms. The number of carbonyl (C=O) groups is 2. The second-order valence-electron chi connectivity index (χ2n) is 9.11. The monoisotopic (exact) mass is 526 g/mol. The number of amides is 1. The van der Waals surface area contributed by atoms with Crippen molar-refractivity contribution < 1.29 is 28.9 Å². The Morgan fingerprint density at radius 1 is 1.24 bits per heavy atom. The SMILES string of the molecule is CC[C@@]1(O)C(=O)OCc2c1cc1n(c2=O)Cc2c-1nc1cc3c(c(Cl)c1c2CNC(=O)CN)OCCO3. The van der Waals surface area contributed by atoms with Crippen molar-refractivity contribution in [3.8, 4) is 22.9 Å². The molecule has 1 aromatic carbocycles. The van der Waals surface area contributed by atoms with Gasteiger partial charge in [0.1, 0.15) is 19.8 Å². The summed E-state index contributed by atoms with van der Waals surface area (Å²) in [6.07, 6.45) is 0.0369. The first-order valence-corrected chi connectivity index (χ1v) is 12.2. The maximum atomic E-state index is 13.6. The average molecular weight is 527 g/mol. The molecule has 5 heterocycles. The first-order chi connectivity index (χ1) is 17.8. The van der Waals surface area contributed by atoms with Crippen molar-refractivity contribution in [1.82, 2.24) is 14.9 Å². The van der Waals surface area contributed by atoms with E-state index in [4.69, 9.17) is 36.5 Å². The zero-order valence-corrected chi connectivity index (χ0v) is 20.6. The molecule has 6 rings (SSSR count). The van der Waals surface area contributed by atoms with Crippen molar-refractivity contribution in [3.63, 3.8) is 0 Å². The molecule has 1 atom stereocenters. The van der Waals surface area contributed by atoms with Crippen LogP contribution in [0.5, 0.6) is 11.5 Å². The minimum absolute atomic E-state index is 0.0369. The van der Waals surface area contributed by atoms with Crippen molar-refractivity contribution in [2.75, 3.05) is 19.8 Å². The van der Waals surface area contributed by atoms with Crippen molar-refractivity contribution in [3.05, 3.63) is 49.8 Å². The van der Waals surface area contributed by atoms with Gasteiger partial charge in [-0.3, -0.25) is 9.59 Å². The summed E-state index contributed by atoms with van der Waals surface area (Å²) in [5.74, 6) is -0.325. The molecule has 0 saturated heterocycles. The fraction of sp³-hybridized carbons (Fsp3) is 0.360. The molecule has 37 heavy (non-hydrogen) atoms. The summed E-state index contributed by atoms with van der Waals surface area (Å²) in [6.45, 7) is 2.15. The van der Waals surface area contributed by atoms with Gasteiger partial charge < -0.3 is 34.9 Å². The van der Waals surface area contributed by atoms with Gasteiger partial charge in [0.2, 0.25) is 5.91 Å². The summed E-state index contributed by atoms with van der Waals surface area (Å²) >= 11 is 6.80. The van der Waals surface area contributed by atoms with Crippen LogP contribution in [0.2, 0.25) is 5.02 Å². The molecule has 11 nitrogen and oxygen atoms in total. The van der Waals surface area contributed by atoms with E-state index < -0.39 is 11.6 Å². The highest BCUT2D eigenvalue weighted by Gasteiger charge is 2.45. The van der Waals surface area contributed by atoms with E-state index in [1.165, 1.54) is 4.57 Å². The van der Waals surface area contributed by atoms with Gasteiger partial charge in [-0.2, -0.15) is 0 Å². The number of fused-ring (bicyclic) bond motifs is 6. The predicted octanol–water partition coefficient (Wildman–Crippen LogP) is 1.08. The zero-order valence-electron chi connectivity index (χ0n) is 19.9. The molecule has 0 saturated carbocycles. The highest BCUT2D eigenvalue weighted by molar-refractivity contribution is 6.37. The number of cyclic esters (lactones) is 1. The fourth-order valence-corrected chi connectivity index (χ4v) is 5.60. The maximum Gasteiger partial charge on any atom is 0.343 e. The lowest BCUT2D eigenvalue weighted by Gasteiger charge is -2.31. The van der Waals surface area contributed by atoms with Crippen LogP contribution in [0.1, 0.15) is 35.6 Å². The Hall–Kier alpha value is -3.67. The summed E-state index contributed by atoms with van der Waals surface area (Å²) in [5, 5.41) is 14.8. The first kappa shape index (κ1) is 23.7. The third-order valence-electron chi connectivity index (χ3n) is 7.19. The summed E-state index contributed by atoms with van der Waals surface area (Å²) in [7, 11) is 0. The summed E-state index contributed by atoms with van der Waals surface area (Å²) in [5.41, 5.74) is 6.35. The molecule has 0 aliphatic carbocycles. The minimum atomic E-state index is -1.94. The molecular formula is C25H23ClN4O7. The van der Waals surface area contributed by atoms with E-state index in [9.17, 15) is 19.5 Å². The number of halogens is 1. The lowest BCUT2D eigenvalue weighted by Crippen LogP contribution is -2.44. The number of hydrogen-bond donors (Lipinski definition) is 3. The number of benzene rings is 1. The average Bonchev–Trinajstić information content (AvgIpc) is 3.27. The quantitative estimate of drug-likeness (QED) is 0.331. The van der Waals surface area contributed by atoms with Crippen molar-refractivity contribution >= 4 is 34.4 Å². The molecule has 4 N–H and O–H groups in total. The van der Waals surface area contributed by atoms with Crippen LogP contribution in [0, 0.1) is 0 Å². The molecule has 3 aromatic rings. The second-order valence-corrected chi connectivity index (χ2v) is 9.49. The standard InChI is InChI=1S/C25H23ClN4O7/c1-2-25(34)14-5-16-21-12(9-30(16)23(32)13(14)10-37-24(25)33)11(8-28-18(31)7-27)19-15(29-21)6-17-22(20(19)26)36-4-3-35-17/h5-6,34H,2-4,7-10,27H2,1H3,(H,28,31)/t25-/m0/s1. The highest BCUT2D eigenvalue weighted by Crippen LogP contribution is 2.47. The molecule has 192 valence electrons. The van der Waals surface area contributed by atoms with Crippen LogP contribution in [0.25, 0.3) is 22.3 Å². The number of ether oxygens (including phenoxy) is 3. The van der Waals surface area contributed by atoms with E-state index in [2.05, 4.69) is 5.32 Å². The van der Waals surface area contributed by atoms with Gasteiger partial charge in [0.05, 0.1) is 40.6 Å². The predicted molar refractivity (Wildman–Crippen MR) is 131 cm³/mol. The van der Waals surface area contributed by atoms with E-state index in [0.717, 1.165) is 0 Å². The summed E-state index contributed by atoms with van der Waals surface area (Å²) < 4.78 is 18.2. The molecule has 2 aromatic heterocycles. The Morgan fingerprint density at radius 3 is 2.78 bits per heavy atom. The number of esters is 1. The number of rotatable bonds is 4. The fourth-order valence-electron chi connectivity index (χ4n) is 5.24. The van der Waals surface area contributed by atoms with Crippen LogP contribution in [0.15, 0.2) is 16.9 Å². The number of hydrogen-bond acceptors (Lipinski definition) is 9. The largest absolute Gasteiger partial charge is 0.486 e. The smallest absolute Gasteiger partial charge is 0.343 e. The van der Waals surface area contributed by atoms with E-state index in [0.29, 0.717) is 63.2 Å². The van der Waals surface area contributed by atoms with Gasteiger partial charge in [-0.15, -0.1) is 0 Å². The van der Waals surface area contributed by atoms with E-state index in [1.807, 2.05) is 0 Å². The number of nitrogens with zero attached hydrogens (tertiary/aromatic N) is 2. The van der Waals surface area contributed by atoms with Gasteiger partial charge in [0.15, 0.2) is 17.1 Å². The number of aromatic nitrogens is 2. The van der Waals surface area contributed by atoms with Crippen LogP contribution in [-0.4, -0.2) is 46.3 Å². The molecule has 0 unspecified atom stereocenters. The van der Waals surface area contributed by atoms with Crippen molar-refractivity contribution in [1.29, 1.82) is 0 Å². The van der Waals surface area contributed by atoms with Crippen molar-refractivity contribution in [2.24, 2.45) is 5.73 Å². The first-order valence-electron chi connectivity index (χ1n) is 11.9. The third kappa shape index (κ3) is 3.34. The molecule has 0 radical (unpaired) electrons. The van der Waals surface area contributed by atoms with Gasteiger partial charge in [-0.05, 0) is 18.1 Å². The summed E-state index contributed by atoms with van der Waals surface area (Å²) in [4.78, 5) is 42.9. The number of nitrogens with two attached hydrogens (primary N) is 1. The Labute approximate surface area is 215 Å². The molecule has 1 amide bonds. The molecule has 3 aliphatic heterocycles. The minimum Gasteiger partial charge on any atom is -0.486 e. The van der Waals surface area contributed by atoms with E-state index in [-0.39, 0.29) is 55.3 Å². The highest BCUT2D eigenvalue weighted by atomic mass is 35.5. The van der Waals surface area contributed by atoms with E-state index >= 15 is 0 Å². The molecule has 0 fully saturated rings.